The van der Waals surface area contributed by atoms with Crippen molar-refractivity contribution in [2.75, 3.05) is 25.0 Å². The molecule has 1 fully saturated rings. The zero-order valence-electron chi connectivity index (χ0n) is 13.8. The third kappa shape index (κ3) is 5.44. The molecule has 1 amide bonds. The summed E-state index contributed by atoms with van der Waals surface area (Å²) < 4.78 is 5.77. The van der Waals surface area contributed by atoms with E-state index in [1.165, 1.54) is 4.88 Å². The van der Waals surface area contributed by atoms with Gasteiger partial charge in [0, 0.05) is 43.2 Å². The van der Waals surface area contributed by atoms with Gasteiger partial charge in [-0.1, -0.05) is 24.3 Å². The molecule has 1 atom stereocenters. The molecule has 3 rings (SSSR count). The van der Waals surface area contributed by atoms with Crippen LogP contribution in [0.5, 0.6) is 0 Å². The van der Waals surface area contributed by atoms with Crippen LogP contribution in [0.2, 0.25) is 0 Å². The summed E-state index contributed by atoms with van der Waals surface area (Å²) in [7, 11) is 0. The predicted octanol–water partition coefficient (Wildman–Crippen LogP) is 3.76. The Bertz CT molecular complexity index is 610. The molecule has 0 unspecified atom stereocenters. The van der Waals surface area contributed by atoms with Gasteiger partial charge in [0.2, 0.25) is 5.91 Å². The molecule has 1 aliphatic heterocycles. The smallest absolute Gasteiger partial charge is 0.225 e. The van der Waals surface area contributed by atoms with Crippen LogP contribution in [0.4, 0.5) is 5.69 Å². The van der Waals surface area contributed by atoms with Crippen molar-refractivity contribution in [3.63, 3.8) is 0 Å². The molecule has 0 saturated carbocycles. The van der Waals surface area contributed by atoms with Crippen molar-refractivity contribution in [1.29, 1.82) is 0 Å². The normalized spacial score (nSPS) is 17.3. The minimum atomic E-state index is 0.0599. The Hall–Kier alpha value is -1.69. The Kier molecular flexibility index (Phi) is 6.41. The molecular formula is C19H24N2O2S. The number of nitrogens with zero attached hydrogens (tertiary/aromatic N) is 1. The first kappa shape index (κ1) is 17.1. The Morgan fingerprint density at radius 2 is 2.12 bits per heavy atom. The summed E-state index contributed by atoms with van der Waals surface area (Å²) in [6, 6.07) is 13.8. The van der Waals surface area contributed by atoms with Gasteiger partial charge in [-0.2, -0.15) is 0 Å². The SMILES string of the molecule is O=C(CCN(Cc1cccs1)C[C@H]1CCCO1)Nc1ccccc1. The van der Waals surface area contributed by atoms with E-state index in [1.807, 2.05) is 30.3 Å². The second kappa shape index (κ2) is 8.97. The Morgan fingerprint density at radius 1 is 1.25 bits per heavy atom. The van der Waals surface area contributed by atoms with E-state index in [0.29, 0.717) is 12.5 Å². The van der Waals surface area contributed by atoms with Gasteiger partial charge in [-0.05, 0) is 36.4 Å². The van der Waals surface area contributed by atoms with E-state index in [9.17, 15) is 4.79 Å². The van der Waals surface area contributed by atoms with E-state index < -0.39 is 0 Å². The molecule has 1 aromatic carbocycles. The zero-order chi connectivity index (χ0) is 16.6. The highest BCUT2D eigenvalue weighted by molar-refractivity contribution is 7.09. The molecule has 1 aliphatic rings. The number of amides is 1. The zero-order valence-corrected chi connectivity index (χ0v) is 14.6. The quantitative estimate of drug-likeness (QED) is 0.793. The third-order valence-electron chi connectivity index (χ3n) is 4.16. The molecule has 0 radical (unpaired) electrons. The van der Waals surface area contributed by atoms with Crippen LogP contribution in [-0.2, 0) is 16.1 Å². The lowest BCUT2D eigenvalue weighted by Crippen LogP contribution is -2.34. The van der Waals surface area contributed by atoms with E-state index in [4.69, 9.17) is 4.74 Å². The number of hydrogen-bond acceptors (Lipinski definition) is 4. The molecule has 0 spiro atoms. The first-order chi connectivity index (χ1) is 11.8. The lowest BCUT2D eigenvalue weighted by atomic mass is 10.2. The Morgan fingerprint density at radius 3 is 2.83 bits per heavy atom. The summed E-state index contributed by atoms with van der Waals surface area (Å²) in [6.07, 6.45) is 3.07. The van der Waals surface area contributed by atoms with Crippen LogP contribution < -0.4 is 5.32 Å². The maximum atomic E-state index is 12.2. The predicted molar refractivity (Wildman–Crippen MR) is 98.3 cm³/mol. The van der Waals surface area contributed by atoms with Gasteiger partial charge in [-0.15, -0.1) is 11.3 Å². The summed E-state index contributed by atoms with van der Waals surface area (Å²) in [5.41, 5.74) is 0.853. The first-order valence-corrected chi connectivity index (χ1v) is 9.39. The van der Waals surface area contributed by atoms with Crippen LogP contribution in [0.25, 0.3) is 0 Å². The van der Waals surface area contributed by atoms with E-state index >= 15 is 0 Å². The van der Waals surface area contributed by atoms with Crippen molar-refractivity contribution in [2.45, 2.75) is 31.9 Å². The fourth-order valence-electron chi connectivity index (χ4n) is 2.94. The van der Waals surface area contributed by atoms with Gasteiger partial charge in [0.05, 0.1) is 6.10 Å². The molecule has 2 heterocycles. The van der Waals surface area contributed by atoms with Crippen LogP contribution in [0.1, 0.15) is 24.1 Å². The number of nitrogens with one attached hydrogen (secondary N) is 1. The van der Waals surface area contributed by atoms with Crippen molar-refractivity contribution in [1.82, 2.24) is 4.90 Å². The number of carbonyl (C=O) groups is 1. The molecule has 0 bridgehead atoms. The van der Waals surface area contributed by atoms with Gasteiger partial charge >= 0.3 is 0 Å². The summed E-state index contributed by atoms with van der Waals surface area (Å²) >= 11 is 1.76. The van der Waals surface area contributed by atoms with E-state index in [-0.39, 0.29) is 5.91 Å². The molecule has 1 saturated heterocycles. The van der Waals surface area contributed by atoms with Crippen molar-refractivity contribution < 1.29 is 9.53 Å². The average molecular weight is 344 g/mol. The fraction of sp³-hybridized carbons (Fsp3) is 0.421. The van der Waals surface area contributed by atoms with Crippen LogP contribution in [0.15, 0.2) is 47.8 Å². The van der Waals surface area contributed by atoms with Crippen LogP contribution in [0.3, 0.4) is 0 Å². The monoisotopic (exact) mass is 344 g/mol. The number of rotatable bonds is 8. The van der Waals surface area contributed by atoms with E-state index in [0.717, 1.165) is 44.8 Å². The minimum absolute atomic E-state index is 0.0599. The van der Waals surface area contributed by atoms with Gasteiger partial charge in [-0.25, -0.2) is 0 Å². The molecule has 4 nitrogen and oxygen atoms in total. The second-order valence-corrected chi connectivity index (χ2v) is 7.15. The fourth-order valence-corrected chi connectivity index (χ4v) is 3.68. The van der Waals surface area contributed by atoms with Gasteiger partial charge in [0.15, 0.2) is 0 Å². The third-order valence-corrected chi connectivity index (χ3v) is 5.02. The summed E-state index contributed by atoms with van der Waals surface area (Å²) in [4.78, 5) is 15.9. The highest BCUT2D eigenvalue weighted by Gasteiger charge is 2.20. The lowest BCUT2D eigenvalue weighted by Gasteiger charge is -2.24. The van der Waals surface area contributed by atoms with Gasteiger partial charge in [0.25, 0.3) is 0 Å². The number of thiophene rings is 1. The highest BCUT2D eigenvalue weighted by Crippen LogP contribution is 2.17. The summed E-state index contributed by atoms with van der Waals surface area (Å²) in [5.74, 6) is 0.0599. The second-order valence-electron chi connectivity index (χ2n) is 6.11. The average Bonchev–Trinajstić information content (AvgIpc) is 3.27. The molecule has 24 heavy (non-hydrogen) atoms. The van der Waals surface area contributed by atoms with Crippen molar-refractivity contribution in [3.8, 4) is 0 Å². The molecular weight excluding hydrogens is 320 g/mol. The van der Waals surface area contributed by atoms with E-state index in [1.54, 1.807) is 11.3 Å². The van der Waals surface area contributed by atoms with Gasteiger partial charge in [0.1, 0.15) is 0 Å². The number of ether oxygens (including phenoxy) is 1. The first-order valence-electron chi connectivity index (χ1n) is 8.51. The maximum Gasteiger partial charge on any atom is 0.225 e. The lowest BCUT2D eigenvalue weighted by molar-refractivity contribution is -0.116. The topological polar surface area (TPSA) is 41.6 Å². The van der Waals surface area contributed by atoms with Crippen LogP contribution >= 0.6 is 11.3 Å². The molecule has 1 N–H and O–H groups in total. The van der Waals surface area contributed by atoms with Crippen molar-refractivity contribution >= 4 is 22.9 Å². The molecule has 5 heteroatoms. The highest BCUT2D eigenvalue weighted by atomic mass is 32.1. The van der Waals surface area contributed by atoms with Crippen LogP contribution in [-0.4, -0.2) is 36.6 Å². The molecule has 1 aromatic heterocycles. The van der Waals surface area contributed by atoms with Gasteiger partial charge < -0.3 is 10.1 Å². The standard InChI is InChI=1S/C19H24N2O2S/c22-19(20-16-6-2-1-3-7-16)10-11-21(14-17-8-4-12-23-17)15-18-9-5-13-24-18/h1-3,5-7,9,13,17H,4,8,10-12,14-15H2,(H,20,22)/t17-/m1/s1. The summed E-state index contributed by atoms with van der Waals surface area (Å²) in [5, 5.41) is 5.05. The van der Waals surface area contributed by atoms with Crippen molar-refractivity contribution in [2.24, 2.45) is 0 Å². The number of para-hydroxylation sites is 1. The van der Waals surface area contributed by atoms with E-state index in [2.05, 4.69) is 27.7 Å². The number of benzene rings is 1. The largest absolute Gasteiger partial charge is 0.377 e. The Labute approximate surface area is 147 Å². The van der Waals surface area contributed by atoms with Crippen LogP contribution in [0, 0.1) is 0 Å². The number of carbonyl (C=O) groups excluding carboxylic acids is 1. The summed E-state index contributed by atoms with van der Waals surface area (Å²) in [6.45, 7) is 3.40. The van der Waals surface area contributed by atoms with Gasteiger partial charge in [-0.3, -0.25) is 9.69 Å². The number of anilines is 1. The van der Waals surface area contributed by atoms with Crippen molar-refractivity contribution in [3.05, 3.63) is 52.7 Å². The molecule has 128 valence electrons. The Balaban J connectivity index is 1.51. The molecule has 2 aromatic rings. The minimum Gasteiger partial charge on any atom is -0.377 e. The molecule has 0 aliphatic carbocycles. The number of hydrogen-bond donors (Lipinski definition) is 1. The maximum absolute atomic E-state index is 12.2.